The van der Waals surface area contributed by atoms with Crippen LogP contribution >= 0.6 is 12.4 Å². The number of allylic oxidation sites excluding steroid dienone is 1. The standard InChI is InChI=1S/C17H24N2O3.ClH/c1-3-4-13-5-6-15(16(9-13)21-2)22-12-17(20)19-8-7-14(10-18)11-19;/h3,5-6,9,14H,1,4,7-8,10-12,18H2,2H3;1H. The number of likely N-dealkylation sites (tertiary alicyclic amines) is 1. The van der Waals surface area contributed by atoms with Gasteiger partial charge in [0.05, 0.1) is 7.11 Å². The number of methoxy groups -OCH3 is 1. The third-order valence-electron chi connectivity index (χ3n) is 3.93. The summed E-state index contributed by atoms with van der Waals surface area (Å²) < 4.78 is 11.0. The number of hydrogen-bond acceptors (Lipinski definition) is 4. The van der Waals surface area contributed by atoms with Crippen molar-refractivity contribution in [1.82, 2.24) is 4.90 Å². The summed E-state index contributed by atoms with van der Waals surface area (Å²) in [4.78, 5) is 14.0. The van der Waals surface area contributed by atoms with E-state index in [9.17, 15) is 4.79 Å². The van der Waals surface area contributed by atoms with Gasteiger partial charge in [-0.15, -0.1) is 19.0 Å². The Morgan fingerprint density at radius 2 is 2.26 bits per heavy atom. The molecule has 1 saturated heterocycles. The SMILES string of the molecule is C=CCc1ccc(OCC(=O)N2CCC(CN)C2)c(OC)c1.Cl. The fourth-order valence-corrected chi connectivity index (χ4v) is 2.61. The van der Waals surface area contributed by atoms with Gasteiger partial charge in [0, 0.05) is 13.1 Å². The minimum atomic E-state index is -0.00632. The highest BCUT2D eigenvalue weighted by molar-refractivity contribution is 5.85. The van der Waals surface area contributed by atoms with Gasteiger partial charge in [-0.3, -0.25) is 4.79 Å². The number of hydrogen-bond donors (Lipinski definition) is 1. The van der Waals surface area contributed by atoms with Gasteiger partial charge in [-0.05, 0) is 43.0 Å². The molecule has 1 atom stereocenters. The topological polar surface area (TPSA) is 64.8 Å². The van der Waals surface area contributed by atoms with Crippen molar-refractivity contribution in [2.24, 2.45) is 11.7 Å². The van der Waals surface area contributed by atoms with Crippen molar-refractivity contribution in [3.05, 3.63) is 36.4 Å². The fourth-order valence-electron chi connectivity index (χ4n) is 2.61. The van der Waals surface area contributed by atoms with Crippen LogP contribution in [0.3, 0.4) is 0 Å². The van der Waals surface area contributed by atoms with E-state index in [4.69, 9.17) is 15.2 Å². The summed E-state index contributed by atoms with van der Waals surface area (Å²) in [5, 5.41) is 0. The number of rotatable bonds is 7. The number of nitrogens with zero attached hydrogens (tertiary/aromatic N) is 1. The number of ether oxygens (including phenoxy) is 2. The van der Waals surface area contributed by atoms with Crippen LogP contribution in [0.15, 0.2) is 30.9 Å². The highest BCUT2D eigenvalue weighted by Crippen LogP contribution is 2.28. The van der Waals surface area contributed by atoms with E-state index in [1.54, 1.807) is 7.11 Å². The van der Waals surface area contributed by atoms with Crippen LogP contribution in [0.2, 0.25) is 0 Å². The molecule has 1 amide bonds. The molecule has 0 aromatic heterocycles. The predicted molar refractivity (Wildman–Crippen MR) is 93.4 cm³/mol. The van der Waals surface area contributed by atoms with Gasteiger partial charge >= 0.3 is 0 Å². The molecule has 5 nitrogen and oxygen atoms in total. The van der Waals surface area contributed by atoms with Gasteiger partial charge in [-0.25, -0.2) is 0 Å². The maximum atomic E-state index is 12.2. The highest BCUT2D eigenvalue weighted by Gasteiger charge is 2.25. The largest absolute Gasteiger partial charge is 0.493 e. The van der Waals surface area contributed by atoms with E-state index in [0.29, 0.717) is 24.0 Å². The van der Waals surface area contributed by atoms with Crippen LogP contribution in [-0.2, 0) is 11.2 Å². The summed E-state index contributed by atoms with van der Waals surface area (Å²) in [6.45, 7) is 5.86. The number of amides is 1. The lowest BCUT2D eigenvalue weighted by Gasteiger charge is -2.17. The molecule has 1 aliphatic rings. The van der Waals surface area contributed by atoms with Gasteiger partial charge in [-0.1, -0.05) is 12.1 Å². The molecule has 0 bridgehead atoms. The van der Waals surface area contributed by atoms with Crippen LogP contribution in [0.4, 0.5) is 0 Å². The molecule has 1 aromatic carbocycles. The third kappa shape index (κ3) is 5.15. The molecule has 0 spiro atoms. The molecular formula is C17H25ClN2O3. The minimum Gasteiger partial charge on any atom is -0.493 e. The van der Waals surface area contributed by atoms with Crippen molar-refractivity contribution in [3.8, 4) is 11.5 Å². The summed E-state index contributed by atoms with van der Waals surface area (Å²) in [5.41, 5.74) is 6.74. The number of carbonyl (C=O) groups excluding carboxylic acids is 1. The van der Waals surface area contributed by atoms with Gasteiger partial charge in [0.1, 0.15) is 0 Å². The number of benzene rings is 1. The molecule has 6 heteroatoms. The molecule has 128 valence electrons. The van der Waals surface area contributed by atoms with Crippen molar-refractivity contribution in [1.29, 1.82) is 0 Å². The average Bonchev–Trinajstić information content (AvgIpc) is 3.02. The summed E-state index contributed by atoms with van der Waals surface area (Å²) in [6, 6.07) is 5.68. The second-order valence-corrected chi connectivity index (χ2v) is 5.50. The first-order valence-electron chi connectivity index (χ1n) is 7.56. The zero-order chi connectivity index (χ0) is 15.9. The van der Waals surface area contributed by atoms with E-state index in [2.05, 4.69) is 6.58 Å². The van der Waals surface area contributed by atoms with Crippen molar-refractivity contribution in [2.45, 2.75) is 12.8 Å². The zero-order valence-corrected chi connectivity index (χ0v) is 14.3. The average molecular weight is 341 g/mol. The Hall–Kier alpha value is -1.72. The van der Waals surface area contributed by atoms with Gasteiger partial charge < -0.3 is 20.1 Å². The first-order chi connectivity index (χ1) is 10.7. The Morgan fingerprint density at radius 3 is 2.87 bits per heavy atom. The molecule has 1 unspecified atom stereocenters. The van der Waals surface area contributed by atoms with Crippen molar-refractivity contribution >= 4 is 18.3 Å². The molecule has 23 heavy (non-hydrogen) atoms. The number of nitrogens with two attached hydrogens (primary N) is 1. The van der Waals surface area contributed by atoms with Crippen molar-refractivity contribution in [3.63, 3.8) is 0 Å². The second-order valence-electron chi connectivity index (χ2n) is 5.50. The first-order valence-corrected chi connectivity index (χ1v) is 7.56. The Kier molecular flexibility index (Phi) is 7.92. The smallest absolute Gasteiger partial charge is 0.260 e. The Morgan fingerprint density at radius 1 is 1.48 bits per heavy atom. The fraction of sp³-hybridized carbons (Fsp3) is 0.471. The van der Waals surface area contributed by atoms with E-state index in [1.165, 1.54) is 0 Å². The molecular weight excluding hydrogens is 316 g/mol. The molecule has 0 aliphatic carbocycles. The lowest BCUT2D eigenvalue weighted by molar-refractivity contribution is -0.132. The van der Waals surface area contributed by atoms with E-state index in [-0.39, 0.29) is 24.9 Å². The lowest BCUT2D eigenvalue weighted by Crippen LogP contribution is -2.33. The van der Waals surface area contributed by atoms with Crippen LogP contribution < -0.4 is 15.2 Å². The van der Waals surface area contributed by atoms with Gasteiger partial charge in [0.2, 0.25) is 0 Å². The summed E-state index contributed by atoms with van der Waals surface area (Å²) in [6.07, 6.45) is 3.58. The molecule has 0 radical (unpaired) electrons. The molecule has 1 fully saturated rings. The summed E-state index contributed by atoms with van der Waals surface area (Å²) in [7, 11) is 1.59. The van der Waals surface area contributed by atoms with E-state index in [1.807, 2.05) is 29.2 Å². The Labute approximate surface area is 143 Å². The summed E-state index contributed by atoms with van der Waals surface area (Å²) in [5.74, 6) is 1.62. The lowest BCUT2D eigenvalue weighted by atomic mass is 10.1. The van der Waals surface area contributed by atoms with E-state index >= 15 is 0 Å². The highest BCUT2D eigenvalue weighted by atomic mass is 35.5. The van der Waals surface area contributed by atoms with Gasteiger partial charge in [-0.2, -0.15) is 0 Å². The summed E-state index contributed by atoms with van der Waals surface area (Å²) >= 11 is 0. The van der Waals surface area contributed by atoms with Crippen molar-refractivity contribution in [2.75, 3.05) is 33.4 Å². The molecule has 2 N–H and O–H groups in total. The van der Waals surface area contributed by atoms with E-state index in [0.717, 1.165) is 31.5 Å². The number of halogens is 1. The molecule has 0 saturated carbocycles. The van der Waals surface area contributed by atoms with Crippen LogP contribution in [-0.4, -0.2) is 44.2 Å². The molecule has 1 aromatic rings. The Balaban J connectivity index is 0.00000264. The predicted octanol–water partition coefficient (Wildman–Crippen LogP) is 2.03. The van der Waals surface area contributed by atoms with Gasteiger partial charge in [0.25, 0.3) is 5.91 Å². The van der Waals surface area contributed by atoms with Gasteiger partial charge in [0.15, 0.2) is 18.1 Å². The quantitative estimate of drug-likeness (QED) is 0.771. The second kappa shape index (κ2) is 9.43. The van der Waals surface area contributed by atoms with Crippen molar-refractivity contribution < 1.29 is 14.3 Å². The first kappa shape index (κ1) is 19.3. The van der Waals surface area contributed by atoms with Crippen LogP contribution in [0.1, 0.15) is 12.0 Å². The normalized spacial score (nSPS) is 16.6. The third-order valence-corrected chi connectivity index (χ3v) is 3.93. The maximum Gasteiger partial charge on any atom is 0.260 e. The monoisotopic (exact) mass is 340 g/mol. The zero-order valence-electron chi connectivity index (χ0n) is 13.5. The Bertz CT molecular complexity index is 537. The molecule has 1 aliphatic heterocycles. The maximum absolute atomic E-state index is 12.2. The minimum absolute atomic E-state index is 0. The van der Waals surface area contributed by atoms with Crippen LogP contribution in [0, 0.1) is 5.92 Å². The van der Waals surface area contributed by atoms with Crippen LogP contribution in [0.25, 0.3) is 0 Å². The van der Waals surface area contributed by atoms with Crippen LogP contribution in [0.5, 0.6) is 11.5 Å². The molecule has 2 rings (SSSR count). The van der Waals surface area contributed by atoms with E-state index < -0.39 is 0 Å². The molecule has 1 heterocycles. The number of carbonyl (C=O) groups is 1.